The number of rotatable bonds is 5. The van der Waals surface area contributed by atoms with Gasteiger partial charge in [0, 0.05) is 0 Å². The molecule has 1 atom stereocenters. The van der Waals surface area contributed by atoms with Crippen molar-refractivity contribution in [1.82, 2.24) is 0 Å². The Morgan fingerprint density at radius 1 is 1.12 bits per heavy atom. The fourth-order valence-electron chi connectivity index (χ4n) is 3.69. The van der Waals surface area contributed by atoms with E-state index in [-0.39, 0.29) is 11.4 Å². The molecule has 2 aromatic carbocycles. The molecule has 24 heavy (non-hydrogen) atoms. The maximum atomic E-state index is 13.9. The average molecular weight is 321 g/mol. The van der Waals surface area contributed by atoms with Crippen molar-refractivity contribution in [2.45, 2.75) is 57.8 Å². The van der Waals surface area contributed by atoms with E-state index >= 15 is 0 Å². The molecule has 0 radical (unpaired) electrons. The summed E-state index contributed by atoms with van der Waals surface area (Å²) in [6.07, 6.45) is 7.82. The molecule has 2 aromatic rings. The van der Waals surface area contributed by atoms with Crippen LogP contribution in [-0.2, 0) is 19.3 Å². The molecule has 1 unspecified atom stereocenters. The minimum absolute atomic E-state index is 0.170. The van der Waals surface area contributed by atoms with Gasteiger partial charge in [-0.05, 0) is 72.4 Å². The zero-order valence-corrected chi connectivity index (χ0v) is 14.3. The van der Waals surface area contributed by atoms with E-state index in [1.54, 1.807) is 12.1 Å². The largest absolute Gasteiger partial charge is 0.206 e. The average Bonchev–Trinajstić information content (AvgIpc) is 2.61. The van der Waals surface area contributed by atoms with Crippen molar-refractivity contribution in [3.05, 3.63) is 70.0 Å². The van der Waals surface area contributed by atoms with Gasteiger partial charge in [-0.25, -0.2) is 4.39 Å². The summed E-state index contributed by atoms with van der Waals surface area (Å²) < 4.78 is 13.9. The Hall–Kier alpha value is -2.14. The summed E-state index contributed by atoms with van der Waals surface area (Å²) in [6, 6.07) is 14.2. The van der Waals surface area contributed by atoms with Gasteiger partial charge in [-0.3, -0.25) is 0 Å². The smallest absolute Gasteiger partial charge is 0.141 e. The molecule has 2 heteroatoms. The molecular formula is C22H24FN. The molecule has 0 aromatic heterocycles. The van der Waals surface area contributed by atoms with Crippen molar-refractivity contribution < 1.29 is 4.39 Å². The van der Waals surface area contributed by atoms with Crippen LogP contribution in [0, 0.1) is 17.1 Å². The molecule has 0 bridgehead atoms. The molecule has 0 saturated heterocycles. The van der Waals surface area contributed by atoms with Crippen molar-refractivity contribution in [2.75, 3.05) is 0 Å². The molecular weight excluding hydrogens is 297 g/mol. The monoisotopic (exact) mass is 321 g/mol. The Morgan fingerprint density at radius 3 is 2.62 bits per heavy atom. The van der Waals surface area contributed by atoms with Gasteiger partial charge in [0.25, 0.3) is 0 Å². The summed E-state index contributed by atoms with van der Waals surface area (Å²) in [5, 5.41) is 8.96. The second-order valence-electron chi connectivity index (χ2n) is 6.85. The molecule has 0 N–H and O–H groups in total. The first-order valence-electron chi connectivity index (χ1n) is 9.01. The number of unbranched alkanes of at least 4 members (excludes halogenated alkanes) is 2. The SMILES string of the molecule is CCCCCc1ccc(C2CCc3cc(C#N)c(F)cc3C2)cc1. The van der Waals surface area contributed by atoms with E-state index in [0.29, 0.717) is 5.92 Å². The van der Waals surface area contributed by atoms with Crippen LogP contribution in [0.25, 0.3) is 0 Å². The second-order valence-corrected chi connectivity index (χ2v) is 6.85. The van der Waals surface area contributed by atoms with Crippen molar-refractivity contribution >= 4 is 0 Å². The predicted octanol–water partition coefficient (Wildman–Crippen LogP) is 5.70. The molecule has 0 saturated carbocycles. The number of nitrogens with zero attached hydrogens (tertiary/aromatic N) is 1. The molecule has 0 heterocycles. The Kier molecular flexibility index (Phi) is 5.30. The van der Waals surface area contributed by atoms with Gasteiger partial charge in [-0.1, -0.05) is 44.0 Å². The third-order valence-corrected chi connectivity index (χ3v) is 5.16. The minimum Gasteiger partial charge on any atom is -0.206 e. The summed E-state index contributed by atoms with van der Waals surface area (Å²) in [5.41, 5.74) is 5.14. The Bertz CT molecular complexity index is 740. The van der Waals surface area contributed by atoms with E-state index in [1.807, 2.05) is 6.07 Å². The maximum Gasteiger partial charge on any atom is 0.141 e. The van der Waals surface area contributed by atoms with Crippen LogP contribution in [0.3, 0.4) is 0 Å². The Morgan fingerprint density at radius 2 is 1.92 bits per heavy atom. The first-order chi connectivity index (χ1) is 11.7. The highest BCUT2D eigenvalue weighted by molar-refractivity contribution is 5.42. The molecule has 0 fully saturated rings. The van der Waals surface area contributed by atoms with Crippen molar-refractivity contribution in [3.63, 3.8) is 0 Å². The predicted molar refractivity (Wildman–Crippen MR) is 95.6 cm³/mol. The van der Waals surface area contributed by atoms with Crippen LogP contribution >= 0.6 is 0 Å². The van der Waals surface area contributed by atoms with E-state index in [4.69, 9.17) is 5.26 Å². The zero-order valence-electron chi connectivity index (χ0n) is 14.3. The van der Waals surface area contributed by atoms with Crippen molar-refractivity contribution in [3.8, 4) is 6.07 Å². The Labute approximate surface area is 144 Å². The third kappa shape index (κ3) is 3.67. The summed E-state index contributed by atoms with van der Waals surface area (Å²) in [7, 11) is 0. The highest BCUT2D eigenvalue weighted by Crippen LogP contribution is 2.34. The lowest BCUT2D eigenvalue weighted by atomic mass is 9.79. The van der Waals surface area contributed by atoms with Gasteiger partial charge in [-0.2, -0.15) is 5.26 Å². The van der Waals surface area contributed by atoms with Gasteiger partial charge in [0.05, 0.1) is 5.56 Å². The normalized spacial score (nSPS) is 16.5. The third-order valence-electron chi connectivity index (χ3n) is 5.16. The summed E-state index contributed by atoms with van der Waals surface area (Å²) in [4.78, 5) is 0. The van der Waals surface area contributed by atoms with E-state index < -0.39 is 0 Å². The number of hydrogen-bond acceptors (Lipinski definition) is 1. The fraction of sp³-hybridized carbons (Fsp3) is 0.409. The maximum absolute atomic E-state index is 13.9. The van der Waals surface area contributed by atoms with E-state index in [2.05, 4.69) is 31.2 Å². The van der Waals surface area contributed by atoms with Gasteiger partial charge in [-0.15, -0.1) is 0 Å². The van der Waals surface area contributed by atoms with Gasteiger partial charge < -0.3 is 0 Å². The number of fused-ring (bicyclic) bond motifs is 1. The van der Waals surface area contributed by atoms with Crippen LogP contribution in [0.1, 0.15) is 66.3 Å². The molecule has 0 amide bonds. The first kappa shape index (κ1) is 16.7. The lowest BCUT2D eigenvalue weighted by molar-refractivity contribution is 0.570. The molecule has 1 aliphatic carbocycles. The lowest BCUT2D eigenvalue weighted by Gasteiger charge is -2.25. The number of nitriles is 1. The van der Waals surface area contributed by atoms with Crippen LogP contribution in [0.4, 0.5) is 4.39 Å². The van der Waals surface area contributed by atoms with E-state index in [0.717, 1.165) is 36.8 Å². The lowest BCUT2D eigenvalue weighted by Crippen LogP contribution is -2.13. The van der Waals surface area contributed by atoms with Gasteiger partial charge in [0.1, 0.15) is 11.9 Å². The van der Waals surface area contributed by atoms with Crippen LogP contribution in [-0.4, -0.2) is 0 Å². The van der Waals surface area contributed by atoms with Crippen LogP contribution in [0.2, 0.25) is 0 Å². The highest BCUT2D eigenvalue weighted by atomic mass is 19.1. The molecule has 0 spiro atoms. The van der Waals surface area contributed by atoms with Crippen molar-refractivity contribution in [2.24, 2.45) is 0 Å². The number of benzene rings is 2. The number of aryl methyl sites for hydroxylation is 2. The van der Waals surface area contributed by atoms with Crippen molar-refractivity contribution in [1.29, 1.82) is 5.26 Å². The Balaban J connectivity index is 1.71. The van der Waals surface area contributed by atoms with E-state index in [9.17, 15) is 4.39 Å². The fourth-order valence-corrected chi connectivity index (χ4v) is 3.69. The van der Waals surface area contributed by atoms with Crippen LogP contribution in [0.5, 0.6) is 0 Å². The number of halogens is 1. The summed E-state index contributed by atoms with van der Waals surface area (Å²) in [6.45, 7) is 2.23. The van der Waals surface area contributed by atoms with Gasteiger partial charge >= 0.3 is 0 Å². The van der Waals surface area contributed by atoms with E-state index in [1.165, 1.54) is 30.4 Å². The standard InChI is InChI=1S/C22H24FN/c1-2-3-4-5-16-6-8-17(9-7-16)18-10-11-19-13-21(15-24)22(23)14-20(19)12-18/h6-9,13-14,18H,2-5,10-12H2,1H3. The molecule has 3 rings (SSSR count). The van der Waals surface area contributed by atoms with Crippen LogP contribution < -0.4 is 0 Å². The topological polar surface area (TPSA) is 23.8 Å². The summed E-state index contributed by atoms with van der Waals surface area (Å²) >= 11 is 0. The minimum atomic E-state index is -0.386. The first-order valence-corrected chi connectivity index (χ1v) is 9.01. The second kappa shape index (κ2) is 7.62. The molecule has 124 valence electrons. The quantitative estimate of drug-likeness (QED) is 0.648. The molecule has 1 aliphatic rings. The highest BCUT2D eigenvalue weighted by Gasteiger charge is 2.21. The molecule has 0 aliphatic heterocycles. The van der Waals surface area contributed by atoms with Crippen LogP contribution in [0.15, 0.2) is 36.4 Å². The van der Waals surface area contributed by atoms with Gasteiger partial charge in [0.15, 0.2) is 0 Å². The number of hydrogen-bond donors (Lipinski definition) is 0. The van der Waals surface area contributed by atoms with Gasteiger partial charge in [0.2, 0.25) is 0 Å². The zero-order chi connectivity index (χ0) is 16.9. The summed E-state index contributed by atoms with van der Waals surface area (Å²) in [5.74, 6) is 0.0673. The molecule has 1 nitrogen and oxygen atoms in total.